The molecule has 0 aromatic heterocycles. The number of benzene rings is 2. The fourth-order valence-electron chi connectivity index (χ4n) is 2.99. The summed E-state index contributed by atoms with van der Waals surface area (Å²) >= 11 is 0. The first kappa shape index (κ1) is 22.3. The third kappa shape index (κ3) is 6.52. The third-order valence-corrected chi connectivity index (χ3v) is 4.88. The van der Waals surface area contributed by atoms with Crippen LogP contribution in [0.3, 0.4) is 0 Å². The minimum atomic E-state index is -0.547. The van der Waals surface area contributed by atoms with Gasteiger partial charge in [-0.3, -0.25) is 9.59 Å². The maximum Gasteiger partial charge on any atom is 0.242 e. The predicted molar refractivity (Wildman–Crippen MR) is 113 cm³/mol. The number of rotatable bonds is 10. The second kappa shape index (κ2) is 11.1. The molecule has 0 bridgehead atoms. The summed E-state index contributed by atoms with van der Waals surface area (Å²) in [4.78, 5) is 26.7. The van der Waals surface area contributed by atoms with Gasteiger partial charge in [0.2, 0.25) is 11.8 Å². The lowest BCUT2D eigenvalue weighted by Gasteiger charge is -2.29. The Hall–Kier alpha value is -3.02. The van der Waals surface area contributed by atoms with Crippen LogP contribution in [0.2, 0.25) is 0 Å². The van der Waals surface area contributed by atoms with Gasteiger partial charge in [-0.25, -0.2) is 0 Å². The monoisotopic (exact) mass is 398 g/mol. The number of likely N-dealkylation sites (N-methyl/N-ethyl adjacent to an activating group) is 1. The normalized spacial score (nSPS) is 11.4. The molecule has 29 heavy (non-hydrogen) atoms. The molecule has 0 aliphatic carbocycles. The molecule has 156 valence electrons. The standard InChI is InChI=1S/C23H30N2O4/c1-17-8-5-6-9-19(17)16-25(18(2)23(27)24-3)22(26)10-7-15-29-21-13-11-20(28-4)12-14-21/h5-6,8-9,11-14,18H,7,10,15-16H2,1-4H3,(H,24,27)/t18-/m0/s1. The van der Waals surface area contributed by atoms with Gasteiger partial charge in [0.25, 0.3) is 0 Å². The molecule has 0 radical (unpaired) electrons. The van der Waals surface area contributed by atoms with Gasteiger partial charge in [0.05, 0.1) is 13.7 Å². The van der Waals surface area contributed by atoms with Crippen LogP contribution in [-0.4, -0.2) is 43.5 Å². The maximum absolute atomic E-state index is 12.9. The molecule has 6 heteroatoms. The van der Waals surface area contributed by atoms with E-state index in [2.05, 4.69) is 5.32 Å². The van der Waals surface area contributed by atoms with E-state index in [-0.39, 0.29) is 11.8 Å². The largest absolute Gasteiger partial charge is 0.497 e. The molecule has 2 amide bonds. The molecule has 0 aliphatic heterocycles. The Bertz CT molecular complexity index is 805. The van der Waals surface area contributed by atoms with Gasteiger partial charge < -0.3 is 19.7 Å². The first-order valence-corrected chi connectivity index (χ1v) is 9.78. The van der Waals surface area contributed by atoms with Crippen molar-refractivity contribution in [1.29, 1.82) is 0 Å². The zero-order valence-corrected chi connectivity index (χ0v) is 17.6. The zero-order valence-electron chi connectivity index (χ0n) is 17.6. The number of hydrogen-bond donors (Lipinski definition) is 1. The van der Waals surface area contributed by atoms with Gasteiger partial charge in [-0.2, -0.15) is 0 Å². The van der Waals surface area contributed by atoms with Crippen molar-refractivity contribution in [2.24, 2.45) is 0 Å². The summed E-state index contributed by atoms with van der Waals surface area (Å²) in [6.45, 7) is 4.58. The number of ether oxygens (including phenoxy) is 2. The molecule has 0 saturated carbocycles. The molecule has 0 spiro atoms. The molecule has 2 aromatic rings. The fourth-order valence-corrected chi connectivity index (χ4v) is 2.99. The van der Waals surface area contributed by atoms with E-state index in [9.17, 15) is 9.59 Å². The number of aryl methyl sites for hydroxylation is 1. The van der Waals surface area contributed by atoms with Gasteiger partial charge in [0, 0.05) is 20.0 Å². The van der Waals surface area contributed by atoms with Gasteiger partial charge in [0.15, 0.2) is 0 Å². The van der Waals surface area contributed by atoms with Gasteiger partial charge >= 0.3 is 0 Å². The molecule has 0 heterocycles. The van der Waals surface area contributed by atoms with Crippen LogP contribution in [0.15, 0.2) is 48.5 Å². The van der Waals surface area contributed by atoms with Crippen LogP contribution in [0.25, 0.3) is 0 Å². The highest BCUT2D eigenvalue weighted by Gasteiger charge is 2.25. The SMILES string of the molecule is CNC(=O)[C@H](C)N(Cc1ccccc1C)C(=O)CCCOc1ccc(OC)cc1. The van der Waals surface area contributed by atoms with Crippen molar-refractivity contribution in [2.45, 2.75) is 39.3 Å². The van der Waals surface area contributed by atoms with E-state index in [1.54, 1.807) is 26.0 Å². The summed E-state index contributed by atoms with van der Waals surface area (Å²) in [5.41, 5.74) is 2.13. The third-order valence-electron chi connectivity index (χ3n) is 4.88. The van der Waals surface area contributed by atoms with Gasteiger partial charge in [-0.05, 0) is 55.7 Å². The van der Waals surface area contributed by atoms with E-state index in [4.69, 9.17) is 9.47 Å². The Morgan fingerprint density at radius 3 is 2.34 bits per heavy atom. The van der Waals surface area contributed by atoms with Crippen molar-refractivity contribution in [3.8, 4) is 11.5 Å². The van der Waals surface area contributed by atoms with Crippen LogP contribution < -0.4 is 14.8 Å². The summed E-state index contributed by atoms with van der Waals surface area (Å²) in [5, 5.41) is 2.63. The lowest BCUT2D eigenvalue weighted by Crippen LogP contribution is -2.46. The summed E-state index contributed by atoms with van der Waals surface area (Å²) in [7, 11) is 3.20. The van der Waals surface area contributed by atoms with Crippen LogP contribution in [0.5, 0.6) is 11.5 Å². The van der Waals surface area contributed by atoms with Crippen molar-refractivity contribution >= 4 is 11.8 Å². The molecule has 2 rings (SSSR count). The van der Waals surface area contributed by atoms with Crippen molar-refractivity contribution in [3.63, 3.8) is 0 Å². The molecular weight excluding hydrogens is 368 g/mol. The summed E-state index contributed by atoms with van der Waals surface area (Å²) in [5.74, 6) is 1.25. The van der Waals surface area contributed by atoms with Crippen LogP contribution >= 0.6 is 0 Å². The Labute approximate surface area is 172 Å². The topological polar surface area (TPSA) is 67.9 Å². The molecular formula is C23H30N2O4. The van der Waals surface area contributed by atoms with E-state index in [1.807, 2.05) is 55.5 Å². The van der Waals surface area contributed by atoms with E-state index in [0.29, 0.717) is 26.0 Å². The second-order valence-electron chi connectivity index (χ2n) is 6.87. The van der Waals surface area contributed by atoms with Gasteiger partial charge in [-0.1, -0.05) is 24.3 Å². The quantitative estimate of drug-likeness (QED) is 0.624. The van der Waals surface area contributed by atoms with Crippen LogP contribution in [0.4, 0.5) is 0 Å². The van der Waals surface area contributed by atoms with Crippen molar-refractivity contribution in [2.75, 3.05) is 20.8 Å². The predicted octanol–water partition coefficient (Wildman–Crippen LogP) is 3.33. The number of nitrogens with zero attached hydrogens (tertiary/aromatic N) is 1. The van der Waals surface area contributed by atoms with Gasteiger partial charge in [-0.15, -0.1) is 0 Å². The molecule has 0 unspecified atom stereocenters. The average Bonchev–Trinajstić information content (AvgIpc) is 2.75. The van der Waals surface area contributed by atoms with Crippen molar-refractivity contribution < 1.29 is 19.1 Å². The molecule has 2 aromatic carbocycles. The Morgan fingerprint density at radius 1 is 1.07 bits per heavy atom. The number of amides is 2. The van der Waals surface area contributed by atoms with E-state index < -0.39 is 6.04 Å². The van der Waals surface area contributed by atoms with Gasteiger partial charge in [0.1, 0.15) is 17.5 Å². The zero-order chi connectivity index (χ0) is 21.2. The lowest BCUT2D eigenvalue weighted by molar-refractivity contribution is -0.140. The van der Waals surface area contributed by atoms with E-state index >= 15 is 0 Å². The van der Waals surface area contributed by atoms with Crippen molar-refractivity contribution in [1.82, 2.24) is 10.2 Å². The fraction of sp³-hybridized carbons (Fsp3) is 0.391. The molecule has 6 nitrogen and oxygen atoms in total. The second-order valence-corrected chi connectivity index (χ2v) is 6.87. The highest BCUT2D eigenvalue weighted by Crippen LogP contribution is 2.18. The van der Waals surface area contributed by atoms with Crippen LogP contribution in [0.1, 0.15) is 30.9 Å². The number of carbonyl (C=O) groups is 2. The molecule has 1 N–H and O–H groups in total. The first-order chi connectivity index (χ1) is 14.0. The summed E-state index contributed by atoms with van der Waals surface area (Å²) in [6.07, 6.45) is 0.874. The molecule has 1 atom stereocenters. The van der Waals surface area contributed by atoms with E-state index in [0.717, 1.165) is 22.6 Å². The number of carbonyl (C=O) groups excluding carboxylic acids is 2. The number of methoxy groups -OCH3 is 1. The summed E-state index contributed by atoms with van der Waals surface area (Å²) < 4.78 is 10.8. The Balaban J connectivity index is 1.95. The smallest absolute Gasteiger partial charge is 0.242 e. The number of nitrogens with one attached hydrogen (secondary N) is 1. The molecule has 0 fully saturated rings. The lowest BCUT2D eigenvalue weighted by atomic mass is 10.1. The Kier molecular flexibility index (Phi) is 8.52. The summed E-state index contributed by atoms with van der Waals surface area (Å²) in [6, 6.07) is 14.7. The van der Waals surface area contributed by atoms with Crippen LogP contribution in [0, 0.1) is 6.92 Å². The minimum Gasteiger partial charge on any atom is -0.497 e. The first-order valence-electron chi connectivity index (χ1n) is 9.78. The highest BCUT2D eigenvalue weighted by molar-refractivity contribution is 5.87. The Morgan fingerprint density at radius 2 is 1.72 bits per heavy atom. The minimum absolute atomic E-state index is 0.0670. The average molecular weight is 399 g/mol. The van der Waals surface area contributed by atoms with Crippen molar-refractivity contribution in [3.05, 3.63) is 59.7 Å². The maximum atomic E-state index is 12.9. The molecule has 0 saturated heterocycles. The van der Waals surface area contributed by atoms with E-state index in [1.165, 1.54) is 0 Å². The number of hydrogen-bond acceptors (Lipinski definition) is 4. The molecule has 0 aliphatic rings. The van der Waals surface area contributed by atoms with Crippen LogP contribution in [-0.2, 0) is 16.1 Å². The highest BCUT2D eigenvalue weighted by atomic mass is 16.5.